The van der Waals surface area contributed by atoms with E-state index in [1.54, 1.807) is 0 Å². The molecule has 1 nitrogen and oxygen atoms in total. The molecule has 1 saturated carbocycles. The summed E-state index contributed by atoms with van der Waals surface area (Å²) in [5, 5.41) is -0.0393. The van der Waals surface area contributed by atoms with Crippen LogP contribution in [0.4, 0.5) is 22.0 Å². The molecule has 1 aliphatic heterocycles. The van der Waals surface area contributed by atoms with Crippen molar-refractivity contribution in [3.05, 3.63) is 41.2 Å². The summed E-state index contributed by atoms with van der Waals surface area (Å²) in [6.07, 6.45) is 2.26. The molecule has 26 heavy (non-hydrogen) atoms. The van der Waals surface area contributed by atoms with E-state index in [2.05, 4.69) is 6.58 Å². The highest BCUT2D eigenvalue weighted by Crippen LogP contribution is 2.89. The molecule has 1 aromatic rings. The number of rotatable bonds is 3. The van der Waals surface area contributed by atoms with Gasteiger partial charge in [0.1, 0.15) is 3.64 Å². The standard InChI is InChI=1S/C15H15F5NPS4/c1-6(2)7-3-4-15(21)8(5-7)24-22(23,26-15)25-14-12(19)10(17)9(16)11(18)13(14)20/h7-8H,1,3-5,21H2,2H3/t7-,8+,15+,22+/m1/s1. The second-order valence-electron chi connectivity index (χ2n) is 6.40. The fourth-order valence-corrected chi connectivity index (χ4v) is 21.0. The lowest BCUT2D eigenvalue weighted by atomic mass is 9.82. The first-order chi connectivity index (χ1) is 12.0. The van der Waals surface area contributed by atoms with Gasteiger partial charge < -0.3 is 5.73 Å². The topological polar surface area (TPSA) is 26.0 Å². The summed E-state index contributed by atoms with van der Waals surface area (Å²) in [5.41, 5.74) is 7.53. The van der Waals surface area contributed by atoms with Crippen LogP contribution in [0.1, 0.15) is 26.2 Å². The van der Waals surface area contributed by atoms with Gasteiger partial charge in [-0.1, -0.05) is 58.1 Å². The maximum absolute atomic E-state index is 14.0. The summed E-state index contributed by atoms with van der Waals surface area (Å²) in [4.78, 5) is -1.56. The van der Waals surface area contributed by atoms with E-state index in [1.165, 1.54) is 22.8 Å². The monoisotopic (exact) mass is 463 g/mol. The van der Waals surface area contributed by atoms with Crippen molar-refractivity contribution in [3.63, 3.8) is 0 Å². The van der Waals surface area contributed by atoms with Crippen molar-refractivity contribution >= 4 is 49.6 Å². The minimum absolute atomic E-state index is 0.0393. The van der Waals surface area contributed by atoms with Gasteiger partial charge in [-0.15, -0.1) is 0 Å². The predicted molar refractivity (Wildman–Crippen MR) is 104 cm³/mol. The second kappa shape index (κ2) is 7.26. The van der Waals surface area contributed by atoms with Gasteiger partial charge in [0.05, 0.1) is 9.77 Å². The molecule has 0 unspecified atom stereocenters. The number of fused-ring (bicyclic) bond motifs is 1. The number of benzene rings is 1. The second-order valence-corrected chi connectivity index (χ2v) is 22.1. The largest absolute Gasteiger partial charge is 0.316 e. The molecule has 144 valence electrons. The molecular weight excluding hydrogens is 448 g/mol. The number of hydrogen-bond acceptors (Lipinski definition) is 5. The van der Waals surface area contributed by atoms with Crippen LogP contribution < -0.4 is 5.73 Å². The summed E-state index contributed by atoms with van der Waals surface area (Å²) >= 11 is 8.80. The third kappa shape index (κ3) is 3.62. The van der Waals surface area contributed by atoms with Crippen molar-refractivity contribution < 1.29 is 22.0 Å². The van der Waals surface area contributed by atoms with Crippen LogP contribution >= 0.6 is 37.8 Å². The molecule has 11 heteroatoms. The van der Waals surface area contributed by atoms with Crippen molar-refractivity contribution in [2.24, 2.45) is 11.7 Å². The molecule has 0 aromatic heterocycles. The highest BCUT2D eigenvalue weighted by atomic mass is 33.5. The zero-order valence-corrected chi connectivity index (χ0v) is 17.7. The average Bonchev–Trinajstić information content (AvgIpc) is 2.84. The molecule has 0 spiro atoms. The summed E-state index contributed by atoms with van der Waals surface area (Å²) in [7, 11) is 0. The maximum Gasteiger partial charge on any atom is 0.200 e. The Morgan fingerprint density at radius 2 is 1.73 bits per heavy atom. The molecule has 1 saturated heterocycles. The summed E-state index contributed by atoms with van der Waals surface area (Å²) < 4.78 is 65.6. The summed E-state index contributed by atoms with van der Waals surface area (Å²) in [6.45, 7) is 5.92. The molecular formula is C15H15F5NPS4. The fourth-order valence-electron chi connectivity index (χ4n) is 3.02. The van der Waals surface area contributed by atoms with Crippen molar-refractivity contribution in [3.8, 4) is 0 Å². The molecule has 1 aromatic carbocycles. The predicted octanol–water partition coefficient (Wildman–Crippen LogP) is 6.58. The first-order valence-electron chi connectivity index (χ1n) is 7.62. The number of nitrogens with two attached hydrogens (primary N) is 1. The molecule has 2 fully saturated rings. The molecule has 4 atom stereocenters. The molecule has 3 rings (SSSR count). The van der Waals surface area contributed by atoms with Gasteiger partial charge in [0.25, 0.3) is 0 Å². The minimum Gasteiger partial charge on any atom is -0.316 e. The third-order valence-corrected chi connectivity index (χ3v) is 18.4. The first-order valence-corrected chi connectivity index (χ1v) is 14.7. The smallest absolute Gasteiger partial charge is 0.200 e. The molecule has 0 radical (unpaired) electrons. The molecule has 2 N–H and O–H groups in total. The molecule has 1 aliphatic carbocycles. The van der Waals surface area contributed by atoms with E-state index >= 15 is 0 Å². The maximum atomic E-state index is 14.0. The number of halogens is 5. The van der Waals surface area contributed by atoms with Gasteiger partial charge in [0.15, 0.2) is 23.3 Å². The van der Waals surface area contributed by atoms with Crippen LogP contribution in [0, 0.1) is 35.0 Å². The molecule has 0 bridgehead atoms. The van der Waals surface area contributed by atoms with Gasteiger partial charge in [-0.2, -0.15) is 0 Å². The van der Waals surface area contributed by atoms with Crippen molar-refractivity contribution in [1.82, 2.24) is 0 Å². The van der Waals surface area contributed by atoms with Crippen LogP contribution in [0.2, 0.25) is 0 Å². The quantitative estimate of drug-likeness (QED) is 0.180. The van der Waals surface area contributed by atoms with Crippen LogP contribution in [-0.2, 0) is 11.8 Å². The average molecular weight is 464 g/mol. The van der Waals surface area contributed by atoms with Gasteiger partial charge in [0.2, 0.25) is 5.82 Å². The third-order valence-electron chi connectivity index (χ3n) is 4.53. The van der Waals surface area contributed by atoms with Gasteiger partial charge in [-0.25, -0.2) is 22.0 Å². The Morgan fingerprint density at radius 1 is 1.19 bits per heavy atom. The lowest BCUT2D eigenvalue weighted by Gasteiger charge is -2.37. The van der Waals surface area contributed by atoms with Crippen molar-refractivity contribution in [2.45, 2.75) is 41.2 Å². The molecule has 2 aliphatic rings. The Balaban J connectivity index is 1.91. The molecule has 0 amide bonds. The van der Waals surface area contributed by atoms with Crippen LogP contribution in [0.3, 0.4) is 0 Å². The van der Waals surface area contributed by atoms with Gasteiger partial charge in [-0.3, -0.25) is 0 Å². The van der Waals surface area contributed by atoms with Gasteiger partial charge >= 0.3 is 0 Å². The number of allylic oxidation sites excluding steroid dienone is 1. The van der Waals surface area contributed by atoms with Crippen LogP contribution in [0.5, 0.6) is 0 Å². The lowest BCUT2D eigenvalue weighted by molar-refractivity contribution is 0.352. The summed E-state index contributed by atoms with van der Waals surface area (Å²) in [5.74, 6) is -9.45. The van der Waals surface area contributed by atoms with Crippen LogP contribution in [0.15, 0.2) is 17.0 Å². The Bertz CT molecular complexity index is 806. The van der Waals surface area contributed by atoms with Gasteiger partial charge in [-0.05, 0) is 32.1 Å². The minimum atomic E-state index is -2.64. The van der Waals surface area contributed by atoms with E-state index in [9.17, 15) is 22.0 Å². The highest BCUT2D eigenvalue weighted by molar-refractivity contribution is 9.24. The van der Waals surface area contributed by atoms with E-state index < -0.39 is 42.5 Å². The van der Waals surface area contributed by atoms with E-state index in [0.29, 0.717) is 23.7 Å². The first kappa shape index (κ1) is 21.0. The SMILES string of the molecule is C=C(C)[C@@H]1CC[C@]2(N)S[P@](=S)(Sc3c(F)c(F)c(F)c(F)c3F)S[C@H]2C1. The van der Waals surface area contributed by atoms with Crippen molar-refractivity contribution in [2.75, 3.05) is 0 Å². The number of hydrogen-bond donors (Lipinski definition) is 1. The van der Waals surface area contributed by atoms with E-state index in [-0.39, 0.29) is 5.25 Å². The van der Waals surface area contributed by atoms with Crippen molar-refractivity contribution in [1.29, 1.82) is 0 Å². The van der Waals surface area contributed by atoms with Gasteiger partial charge in [0, 0.05) is 5.25 Å². The Hall–Kier alpha value is 0.270. The zero-order valence-electron chi connectivity index (χ0n) is 13.5. The Morgan fingerprint density at radius 3 is 2.27 bits per heavy atom. The highest BCUT2D eigenvalue weighted by Gasteiger charge is 2.53. The van der Waals surface area contributed by atoms with Crippen LogP contribution in [-0.4, -0.2) is 10.1 Å². The molecule has 1 heterocycles. The lowest BCUT2D eigenvalue weighted by Crippen LogP contribution is -2.47. The fraction of sp³-hybridized carbons (Fsp3) is 0.467. The van der Waals surface area contributed by atoms with E-state index in [1.807, 2.05) is 6.92 Å². The summed E-state index contributed by atoms with van der Waals surface area (Å²) in [6, 6.07) is 0. The van der Waals surface area contributed by atoms with E-state index in [0.717, 1.165) is 18.4 Å². The van der Waals surface area contributed by atoms with E-state index in [4.69, 9.17) is 17.5 Å². The normalized spacial score (nSPS) is 34.0. The Kier molecular flexibility index (Phi) is 5.86. The zero-order chi connectivity index (χ0) is 19.4. The Labute approximate surface area is 165 Å². The van der Waals surface area contributed by atoms with Crippen LogP contribution in [0.25, 0.3) is 0 Å².